The maximum atomic E-state index is 5.63. The summed E-state index contributed by atoms with van der Waals surface area (Å²) in [6, 6.07) is 8.14. The molecule has 0 saturated heterocycles. The van der Waals surface area contributed by atoms with E-state index in [2.05, 4.69) is 34.5 Å². The molecule has 0 bridgehead atoms. The van der Waals surface area contributed by atoms with Gasteiger partial charge in [-0.05, 0) is 24.1 Å². The van der Waals surface area contributed by atoms with Crippen molar-refractivity contribution in [2.75, 3.05) is 6.61 Å². The molecule has 0 aliphatic heterocycles. The number of hydrogen-bond acceptors (Lipinski definition) is 5. The summed E-state index contributed by atoms with van der Waals surface area (Å²) in [5, 5.41) is 7.11. The Bertz CT molecular complexity index is 508. The molecule has 0 aliphatic carbocycles. The molecule has 0 unspecified atom stereocenters. The minimum absolute atomic E-state index is 0.593. The van der Waals surface area contributed by atoms with E-state index in [0.29, 0.717) is 18.3 Å². The van der Waals surface area contributed by atoms with E-state index in [9.17, 15) is 0 Å². The Balaban J connectivity index is 1.73. The molecule has 20 heavy (non-hydrogen) atoms. The largest absolute Gasteiger partial charge is 0.494 e. The number of aromatic nitrogens is 2. The molecule has 0 radical (unpaired) electrons. The van der Waals surface area contributed by atoms with Gasteiger partial charge in [0.05, 0.1) is 13.2 Å². The summed E-state index contributed by atoms with van der Waals surface area (Å²) in [7, 11) is 0. The van der Waals surface area contributed by atoms with Gasteiger partial charge in [0, 0.05) is 13.5 Å². The minimum Gasteiger partial charge on any atom is -0.494 e. The van der Waals surface area contributed by atoms with Crippen LogP contribution in [0.4, 0.5) is 0 Å². The van der Waals surface area contributed by atoms with Crippen LogP contribution in [0.5, 0.6) is 5.75 Å². The first-order valence-corrected chi connectivity index (χ1v) is 6.99. The minimum atomic E-state index is 0.593. The predicted octanol–water partition coefficient (Wildman–Crippen LogP) is 2.85. The predicted molar refractivity (Wildman–Crippen MR) is 76.4 cm³/mol. The van der Waals surface area contributed by atoms with Gasteiger partial charge in [-0.15, -0.1) is 0 Å². The molecule has 0 aliphatic rings. The van der Waals surface area contributed by atoms with Gasteiger partial charge in [-0.2, -0.15) is 4.98 Å². The van der Waals surface area contributed by atoms with Gasteiger partial charge in [0.2, 0.25) is 5.89 Å². The standard InChI is InChI=1S/C15H21N3O2/c1-3-4-9-19-14-7-5-13(6-8-14)10-16-11-15-17-12(2)20-18-15/h5-8,16H,3-4,9-11H2,1-2H3. The Labute approximate surface area is 119 Å². The highest BCUT2D eigenvalue weighted by Gasteiger charge is 2.01. The first kappa shape index (κ1) is 14.5. The lowest BCUT2D eigenvalue weighted by molar-refractivity contribution is 0.309. The normalized spacial score (nSPS) is 10.7. The van der Waals surface area contributed by atoms with Crippen molar-refractivity contribution >= 4 is 0 Å². The first-order chi connectivity index (χ1) is 9.78. The van der Waals surface area contributed by atoms with Crippen LogP contribution in [0.15, 0.2) is 28.8 Å². The topological polar surface area (TPSA) is 60.2 Å². The van der Waals surface area contributed by atoms with Crippen LogP contribution in [0.3, 0.4) is 0 Å². The molecule has 1 aromatic carbocycles. The van der Waals surface area contributed by atoms with Crippen LogP contribution >= 0.6 is 0 Å². The highest BCUT2D eigenvalue weighted by molar-refractivity contribution is 5.27. The van der Waals surface area contributed by atoms with E-state index in [0.717, 1.165) is 31.7 Å². The van der Waals surface area contributed by atoms with Crippen molar-refractivity contribution < 1.29 is 9.26 Å². The number of ether oxygens (including phenoxy) is 1. The lowest BCUT2D eigenvalue weighted by Crippen LogP contribution is -2.13. The summed E-state index contributed by atoms with van der Waals surface area (Å²) in [5.74, 6) is 2.20. The maximum absolute atomic E-state index is 5.63. The smallest absolute Gasteiger partial charge is 0.223 e. The van der Waals surface area contributed by atoms with Crippen molar-refractivity contribution in [2.45, 2.75) is 39.8 Å². The van der Waals surface area contributed by atoms with Crippen LogP contribution in [0.25, 0.3) is 0 Å². The summed E-state index contributed by atoms with van der Waals surface area (Å²) in [4.78, 5) is 4.14. The van der Waals surface area contributed by atoms with Crippen LogP contribution in [0, 0.1) is 6.92 Å². The summed E-state index contributed by atoms with van der Waals surface area (Å²) < 4.78 is 10.5. The van der Waals surface area contributed by atoms with E-state index in [-0.39, 0.29) is 0 Å². The molecule has 1 N–H and O–H groups in total. The Hall–Kier alpha value is -1.88. The SMILES string of the molecule is CCCCOc1ccc(CNCc2noc(C)n2)cc1. The average molecular weight is 275 g/mol. The highest BCUT2D eigenvalue weighted by Crippen LogP contribution is 2.12. The second-order valence-corrected chi connectivity index (χ2v) is 4.68. The number of nitrogens with zero attached hydrogens (tertiary/aromatic N) is 2. The Morgan fingerprint density at radius 1 is 1.20 bits per heavy atom. The number of hydrogen-bond donors (Lipinski definition) is 1. The highest BCUT2D eigenvalue weighted by atomic mass is 16.5. The number of unbranched alkanes of at least 4 members (excludes halogenated alkanes) is 1. The molecule has 108 valence electrons. The molecule has 0 amide bonds. The summed E-state index contributed by atoms with van der Waals surface area (Å²) in [6.07, 6.45) is 2.24. The number of aryl methyl sites for hydroxylation is 1. The van der Waals surface area contributed by atoms with E-state index < -0.39 is 0 Å². The van der Waals surface area contributed by atoms with Crippen LogP contribution in [-0.4, -0.2) is 16.7 Å². The number of benzene rings is 1. The van der Waals surface area contributed by atoms with Gasteiger partial charge in [-0.3, -0.25) is 0 Å². The van der Waals surface area contributed by atoms with E-state index in [1.165, 1.54) is 5.56 Å². The van der Waals surface area contributed by atoms with Gasteiger partial charge in [0.15, 0.2) is 5.82 Å². The van der Waals surface area contributed by atoms with Crippen molar-refractivity contribution in [3.8, 4) is 5.75 Å². The van der Waals surface area contributed by atoms with Crippen LogP contribution in [0.2, 0.25) is 0 Å². The quantitative estimate of drug-likeness (QED) is 0.751. The summed E-state index contributed by atoms with van der Waals surface area (Å²) in [5.41, 5.74) is 1.20. The molecule has 5 heteroatoms. The summed E-state index contributed by atoms with van der Waals surface area (Å²) >= 11 is 0. The lowest BCUT2D eigenvalue weighted by atomic mass is 10.2. The van der Waals surface area contributed by atoms with Crippen molar-refractivity contribution in [3.05, 3.63) is 41.5 Å². The third kappa shape index (κ3) is 4.66. The Kier molecular flexibility index (Phi) is 5.55. The zero-order valence-corrected chi connectivity index (χ0v) is 12.1. The fourth-order valence-electron chi connectivity index (χ4n) is 1.77. The monoisotopic (exact) mass is 275 g/mol. The van der Waals surface area contributed by atoms with E-state index in [1.807, 2.05) is 12.1 Å². The molecule has 2 aromatic rings. The number of rotatable bonds is 8. The van der Waals surface area contributed by atoms with Gasteiger partial charge in [0.1, 0.15) is 5.75 Å². The van der Waals surface area contributed by atoms with E-state index >= 15 is 0 Å². The molecule has 1 aromatic heterocycles. The van der Waals surface area contributed by atoms with Crippen LogP contribution in [-0.2, 0) is 13.1 Å². The fraction of sp³-hybridized carbons (Fsp3) is 0.467. The van der Waals surface area contributed by atoms with Crippen LogP contribution in [0.1, 0.15) is 37.0 Å². The van der Waals surface area contributed by atoms with Gasteiger partial charge in [-0.1, -0.05) is 30.6 Å². The molecule has 5 nitrogen and oxygen atoms in total. The lowest BCUT2D eigenvalue weighted by Gasteiger charge is -2.07. The van der Waals surface area contributed by atoms with Crippen molar-refractivity contribution in [1.82, 2.24) is 15.5 Å². The molecule has 1 heterocycles. The molecule has 0 atom stereocenters. The van der Waals surface area contributed by atoms with Crippen molar-refractivity contribution in [2.24, 2.45) is 0 Å². The molecule has 0 saturated carbocycles. The Morgan fingerprint density at radius 2 is 2.00 bits per heavy atom. The number of nitrogens with one attached hydrogen (secondary N) is 1. The molecular weight excluding hydrogens is 254 g/mol. The third-order valence-electron chi connectivity index (χ3n) is 2.87. The van der Waals surface area contributed by atoms with Gasteiger partial charge < -0.3 is 14.6 Å². The molecule has 2 rings (SSSR count). The molecule has 0 fully saturated rings. The van der Waals surface area contributed by atoms with Crippen molar-refractivity contribution in [1.29, 1.82) is 0 Å². The molecule has 0 spiro atoms. The second-order valence-electron chi connectivity index (χ2n) is 4.68. The average Bonchev–Trinajstić information content (AvgIpc) is 2.87. The van der Waals surface area contributed by atoms with Gasteiger partial charge in [0.25, 0.3) is 0 Å². The van der Waals surface area contributed by atoms with E-state index in [4.69, 9.17) is 9.26 Å². The zero-order valence-electron chi connectivity index (χ0n) is 12.1. The maximum Gasteiger partial charge on any atom is 0.223 e. The van der Waals surface area contributed by atoms with Gasteiger partial charge >= 0.3 is 0 Å². The molecular formula is C15H21N3O2. The fourth-order valence-corrected chi connectivity index (χ4v) is 1.77. The van der Waals surface area contributed by atoms with Gasteiger partial charge in [-0.25, -0.2) is 0 Å². The zero-order chi connectivity index (χ0) is 14.2. The van der Waals surface area contributed by atoms with Crippen LogP contribution < -0.4 is 10.1 Å². The Morgan fingerprint density at radius 3 is 2.65 bits per heavy atom. The third-order valence-corrected chi connectivity index (χ3v) is 2.87. The van der Waals surface area contributed by atoms with E-state index in [1.54, 1.807) is 6.92 Å². The summed E-state index contributed by atoms with van der Waals surface area (Å²) in [6.45, 7) is 6.09. The van der Waals surface area contributed by atoms with Crippen molar-refractivity contribution in [3.63, 3.8) is 0 Å². The first-order valence-electron chi connectivity index (χ1n) is 6.99. The second kappa shape index (κ2) is 7.65.